The summed E-state index contributed by atoms with van der Waals surface area (Å²) in [6.45, 7) is 0.253. The number of H-pyrrole nitrogens is 1. The zero-order valence-corrected chi connectivity index (χ0v) is 16.7. The van der Waals surface area contributed by atoms with Crippen molar-refractivity contribution in [3.8, 4) is 0 Å². The average molecular weight is 447 g/mol. The zero-order chi connectivity index (χ0) is 22.6. The van der Waals surface area contributed by atoms with Crippen molar-refractivity contribution in [2.24, 2.45) is 7.05 Å². The topological polar surface area (TPSA) is 84.1 Å². The second-order valence-corrected chi connectivity index (χ2v) is 7.45. The minimum absolute atomic E-state index is 0.0127. The molecule has 0 unspecified atom stereocenters. The number of hydrogen-bond donors (Lipinski definition) is 1. The van der Waals surface area contributed by atoms with Gasteiger partial charge in [-0.2, -0.15) is 10.2 Å². The highest BCUT2D eigenvalue weighted by Crippen LogP contribution is 2.35. The third kappa shape index (κ3) is 3.13. The van der Waals surface area contributed by atoms with Crippen LogP contribution in [0, 0.1) is 0 Å². The van der Waals surface area contributed by atoms with E-state index >= 15 is 0 Å². The molecule has 0 saturated carbocycles. The summed E-state index contributed by atoms with van der Waals surface area (Å²) < 4.78 is 55.4. The lowest BCUT2D eigenvalue weighted by Crippen LogP contribution is -2.41. The monoisotopic (exact) mass is 447 g/mol. The summed E-state index contributed by atoms with van der Waals surface area (Å²) in [4.78, 5) is 22.2. The van der Waals surface area contributed by atoms with Crippen LogP contribution in [0.3, 0.4) is 0 Å². The van der Waals surface area contributed by atoms with E-state index in [2.05, 4.69) is 20.2 Å². The van der Waals surface area contributed by atoms with E-state index in [4.69, 9.17) is 0 Å². The first-order valence-electron chi connectivity index (χ1n) is 9.77. The highest BCUT2D eigenvalue weighted by molar-refractivity contribution is 5.93. The van der Waals surface area contributed by atoms with Gasteiger partial charge in [0.05, 0.1) is 23.2 Å². The van der Waals surface area contributed by atoms with Crippen LogP contribution in [0.4, 0.5) is 17.6 Å². The standard InChI is InChI=1S/C20H17F4N7O/c1-29-15(8-13(27-29)18(21)22)20(32)30-6-5-11-16(26-9-25-11)17(30)12-7-10-3-2-4-14(19(23)24)31(10)28-12/h2-4,7-9,17-19H,5-6H2,1H3,(H,25,26)/t17-/m1/s1. The van der Waals surface area contributed by atoms with Gasteiger partial charge >= 0.3 is 0 Å². The van der Waals surface area contributed by atoms with Crippen LogP contribution >= 0.6 is 0 Å². The van der Waals surface area contributed by atoms with E-state index in [-0.39, 0.29) is 17.9 Å². The number of rotatable bonds is 4. The summed E-state index contributed by atoms with van der Waals surface area (Å²) in [6.07, 6.45) is -3.60. The fourth-order valence-corrected chi connectivity index (χ4v) is 4.09. The minimum atomic E-state index is -2.82. The number of pyridine rings is 1. The van der Waals surface area contributed by atoms with Crippen LogP contribution in [-0.4, -0.2) is 46.7 Å². The van der Waals surface area contributed by atoms with Crippen LogP contribution in [0.2, 0.25) is 0 Å². The quantitative estimate of drug-likeness (QED) is 0.486. The third-order valence-electron chi connectivity index (χ3n) is 5.57. The summed E-state index contributed by atoms with van der Waals surface area (Å²) in [5.41, 5.74) is 1.31. The highest BCUT2D eigenvalue weighted by atomic mass is 19.3. The number of aryl methyl sites for hydroxylation is 1. The first-order chi connectivity index (χ1) is 15.3. The van der Waals surface area contributed by atoms with Gasteiger partial charge in [0.25, 0.3) is 18.8 Å². The van der Waals surface area contributed by atoms with Crippen molar-refractivity contribution in [2.75, 3.05) is 6.54 Å². The molecule has 0 spiro atoms. The number of alkyl halides is 4. The molecule has 1 aliphatic rings. The number of carbonyl (C=O) groups is 1. The molecule has 32 heavy (non-hydrogen) atoms. The first-order valence-corrected chi connectivity index (χ1v) is 9.77. The molecule has 0 bridgehead atoms. The molecule has 5 rings (SSSR count). The van der Waals surface area contributed by atoms with E-state index in [1.165, 1.54) is 30.4 Å². The third-order valence-corrected chi connectivity index (χ3v) is 5.57. The van der Waals surface area contributed by atoms with Crippen molar-refractivity contribution in [1.29, 1.82) is 0 Å². The molecule has 166 valence electrons. The number of aromatic amines is 1. The Hall–Kier alpha value is -3.70. The molecule has 0 fully saturated rings. The van der Waals surface area contributed by atoms with Crippen molar-refractivity contribution in [2.45, 2.75) is 25.3 Å². The van der Waals surface area contributed by atoms with Crippen molar-refractivity contribution < 1.29 is 22.4 Å². The summed E-state index contributed by atoms with van der Waals surface area (Å²) in [5, 5.41) is 8.08. The maximum Gasteiger partial charge on any atom is 0.282 e. The Morgan fingerprint density at radius 2 is 1.97 bits per heavy atom. The van der Waals surface area contributed by atoms with Gasteiger partial charge < -0.3 is 9.88 Å². The van der Waals surface area contributed by atoms with Crippen molar-refractivity contribution in [3.63, 3.8) is 0 Å². The largest absolute Gasteiger partial charge is 0.348 e. The smallest absolute Gasteiger partial charge is 0.282 e. The average Bonchev–Trinajstić information content (AvgIpc) is 3.49. The van der Waals surface area contributed by atoms with Gasteiger partial charge in [-0.3, -0.25) is 9.48 Å². The van der Waals surface area contributed by atoms with E-state index in [9.17, 15) is 22.4 Å². The van der Waals surface area contributed by atoms with Gasteiger partial charge in [-0.05, 0) is 24.3 Å². The van der Waals surface area contributed by atoms with Gasteiger partial charge in [-0.1, -0.05) is 6.07 Å². The minimum Gasteiger partial charge on any atom is -0.348 e. The maximum atomic E-state index is 13.5. The Morgan fingerprint density at radius 1 is 1.16 bits per heavy atom. The van der Waals surface area contributed by atoms with Gasteiger partial charge in [0.1, 0.15) is 23.1 Å². The molecule has 0 saturated heterocycles. The molecular weight excluding hydrogens is 430 g/mol. The van der Waals surface area contributed by atoms with E-state index in [1.807, 2.05) is 0 Å². The summed E-state index contributed by atoms with van der Waals surface area (Å²) in [7, 11) is 1.41. The molecule has 8 nitrogen and oxygen atoms in total. The van der Waals surface area contributed by atoms with Crippen molar-refractivity contribution in [3.05, 3.63) is 70.8 Å². The molecule has 5 heterocycles. The van der Waals surface area contributed by atoms with Gasteiger partial charge in [0.2, 0.25) is 0 Å². The molecule has 4 aromatic rings. The van der Waals surface area contributed by atoms with Gasteiger partial charge in [-0.25, -0.2) is 27.1 Å². The lowest BCUT2D eigenvalue weighted by Gasteiger charge is -2.33. The molecule has 1 aliphatic heterocycles. The molecular formula is C20H17F4N7O. The molecule has 4 aromatic heterocycles. The maximum absolute atomic E-state index is 13.5. The molecule has 1 amide bonds. The fourth-order valence-electron chi connectivity index (χ4n) is 4.09. The number of nitrogens with zero attached hydrogens (tertiary/aromatic N) is 6. The van der Waals surface area contributed by atoms with Crippen LogP contribution in [0.15, 0.2) is 36.7 Å². The van der Waals surface area contributed by atoms with E-state index in [0.29, 0.717) is 23.3 Å². The predicted molar refractivity (Wildman–Crippen MR) is 103 cm³/mol. The van der Waals surface area contributed by atoms with Gasteiger partial charge in [-0.15, -0.1) is 0 Å². The number of halogens is 4. The van der Waals surface area contributed by atoms with Crippen LogP contribution in [0.25, 0.3) is 5.52 Å². The summed E-state index contributed by atoms with van der Waals surface area (Å²) >= 11 is 0. The Labute approximate surface area is 178 Å². The number of imidazole rings is 1. The number of amides is 1. The Morgan fingerprint density at radius 3 is 2.69 bits per heavy atom. The van der Waals surface area contributed by atoms with Crippen LogP contribution in [0.1, 0.15) is 57.9 Å². The zero-order valence-electron chi connectivity index (χ0n) is 16.7. The van der Waals surface area contributed by atoms with Crippen molar-refractivity contribution >= 4 is 11.4 Å². The van der Waals surface area contributed by atoms with Crippen molar-refractivity contribution in [1.82, 2.24) is 34.3 Å². The lowest BCUT2D eigenvalue weighted by atomic mass is 9.99. The summed E-state index contributed by atoms with van der Waals surface area (Å²) in [5.74, 6) is -0.531. The predicted octanol–water partition coefficient (Wildman–Crippen LogP) is 3.45. The summed E-state index contributed by atoms with van der Waals surface area (Å²) in [6, 6.07) is 6.32. The molecule has 12 heteroatoms. The normalized spacial score (nSPS) is 16.3. The molecule has 0 aromatic carbocycles. The number of hydrogen-bond acceptors (Lipinski definition) is 4. The Kier molecular flexibility index (Phi) is 4.72. The second kappa shape index (κ2) is 7.46. The number of carbonyl (C=O) groups excluding carboxylic acids is 1. The molecule has 1 atom stereocenters. The number of aromatic nitrogens is 6. The molecule has 0 radical (unpaired) electrons. The Bertz CT molecular complexity index is 1310. The second-order valence-electron chi connectivity index (χ2n) is 7.45. The molecule has 0 aliphatic carbocycles. The molecule has 1 N–H and O–H groups in total. The van der Waals surface area contributed by atoms with E-state index in [1.54, 1.807) is 12.1 Å². The van der Waals surface area contributed by atoms with E-state index in [0.717, 1.165) is 21.0 Å². The van der Waals surface area contributed by atoms with Gasteiger partial charge in [0, 0.05) is 25.7 Å². The first kappa shape index (κ1) is 20.2. The van der Waals surface area contributed by atoms with Gasteiger partial charge in [0.15, 0.2) is 0 Å². The fraction of sp³-hybridized carbons (Fsp3) is 0.300. The van der Waals surface area contributed by atoms with Crippen LogP contribution in [0.5, 0.6) is 0 Å². The highest BCUT2D eigenvalue weighted by Gasteiger charge is 2.37. The Balaban J connectivity index is 1.62. The number of fused-ring (bicyclic) bond motifs is 2. The van der Waals surface area contributed by atoms with Crippen LogP contribution in [-0.2, 0) is 13.5 Å². The lowest BCUT2D eigenvalue weighted by molar-refractivity contribution is 0.0675. The SMILES string of the molecule is Cn1nc(C(F)F)cc1C(=O)N1CCc2[nH]cnc2[C@H]1c1cc2cccc(C(F)F)n2n1. The number of nitrogens with one attached hydrogen (secondary N) is 1. The van der Waals surface area contributed by atoms with Crippen LogP contribution < -0.4 is 0 Å². The van der Waals surface area contributed by atoms with E-state index < -0.39 is 30.5 Å².